The van der Waals surface area contributed by atoms with Crippen LogP contribution in [0, 0.1) is 29.5 Å². The van der Waals surface area contributed by atoms with Crippen molar-refractivity contribution in [1.82, 2.24) is 0 Å². The highest BCUT2D eigenvalue weighted by Gasteiger charge is 2.38. The van der Waals surface area contributed by atoms with Gasteiger partial charge in [0.2, 0.25) is 0 Å². The van der Waals surface area contributed by atoms with Gasteiger partial charge in [-0.1, -0.05) is 37.9 Å². The zero-order valence-electron chi connectivity index (χ0n) is 12.0. The van der Waals surface area contributed by atoms with Crippen molar-refractivity contribution in [3.63, 3.8) is 0 Å². The van der Waals surface area contributed by atoms with Gasteiger partial charge in [-0.15, -0.1) is 0 Å². The number of benzene rings is 1. The number of hydrogen-bond acceptors (Lipinski definition) is 1. The van der Waals surface area contributed by atoms with E-state index in [0.717, 1.165) is 17.5 Å². The van der Waals surface area contributed by atoms with Gasteiger partial charge in [-0.2, -0.15) is 0 Å². The Hall–Kier alpha value is -1.02. The lowest BCUT2D eigenvalue weighted by molar-refractivity contribution is 0.203. The van der Waals surface area contributed by atoms with E-state index in [1.165, 1.54) is 37.1 Å². The maximum Gasteiger partial charge on any atom is 0.124 e. The number of allylic oxidation sites excluding steroid dienone is 2. The molecule has 1 unspecified atom stereocenters. The lowest BCUT2D eigenvalue weighted by Crippen LogP contribution is -2.26. The van der Waals surface area contributed by atoms with E-state index < -0.39 is 0 Å². The first-order valence-corrected chi connectivity index (χ1v) is 7.86. The molecule has 1 aromatic carbocycles. The van der Waals surface area contributed by atoms with Crippen LogP contribution in [0.4, 0.5) is 10.1 Å². The van der Waals surface area contributed by atoms with Crippen LogP contribution in [0.1, 0.15) is 33.1 Å². The Balaban J connectivity index is 1.81. The van der Waals surface area contributed by atoms with Gasteiger partial charge in [-0.3, -0.25) is 0 Å². The predicted octanol–water partition coefficient (Wildman–Crippen LogP) is 5.48. The van der Waals surface area contributed by atoms with Crippen LogP contribution in [0.5, 0.6) is 0 Å². The second-order valence-electron chi connectivity index (χ2n) is 6.42. The topological polar surface area (TPSA) is 12.0 Å². The third-order valence-corrected chi connectivity index (χ3v) is 5.21. The maximum absolute atomic E-state index is 13.1. The highest BCUT2D eigenvalue weighted by Crippen LogP contribution is 2.47. The minimum absolute atomic E-state index is 0.293. The Kier molecular flexibility index (Phi) is 3.76. The molecule has 20 heavy (non-hydrogen) atoms. The van der Waals surface area contributed by atoms with E-state index in [9.17, 15) is 4.39 Å². The summed E-state index contributed by atoms with van der Waals surface area (Å²) in [6.45, 7) is 4.64. The van der Waals surface area contributed by atoms with E-state index in [1.54, 1.807) is 6.07 Å². The summed E-state index contributed by atoms with van der Waals surface area (Å²) in [7, 11) is 0. The van der Waals surface area contributed by atoms with Crippen molar-refractivity contribution in [2.75, 3.05) is 5.32 Å². The molecule has 0 saturated heterocycles. The molecule has 1 N–H and O–H groups in total. The van der Waals surface area contributed by atoms with Crippen LogP contribution in [0.2, 0.25) is 5.02 Å². The molecule has 0 radical (unpaired) electrons. The fourth-order valence-corrected chi connectivity index (χ4v) is 4.02. The Morgan fingerprint density at radius 1 is 1.25 bits per heavy atom. The molecule has 0 bridgehead atoms. The Bertz CT molecular complexity index is 540. The van der Waals surface area contributed by atoms with Crippen LogP contribution in [-0.2, 0) is 0 Å². The standard InChI is InChI=1S/C17H21ClFN/c1-10-3-5-13-11(2)8-17(14(13)7-10)20-16-6-4-12(19)9-15(16)18/h4,6,8-11,13-14,20H,3,5,7H2,1-2H3/t10-,11?,13+,14-/m1/s1. The summed E-state index contributed by atoms with van der Waals surface area (Å²) in [6.07, 6.45) is 6.23. The quantitative estimate of drug-likeness (QED) is 0.761. The first kappa shape index (κ1) is 13.9. The van der Waals surface area contributed by atoms with Crippen LogP contribution in [0.25, 0.3) is 0 Å². The Morgan fingerprint density at radius 3 is 2.80 bits per heavy atom. The fraction of sp³-hybridized carbons (Fsp3) is 0.529. The van der Waals surface area contributed by atoms with Crippen LogP contribution in [0.15, 0.2) is 30.0 Å². The predicted molar refractivity (Wildman–Crippen MR) is 82.3 cm³/mol. The van der Waals surface area contributed by atoms with Crippen molar-refractivity contribution in [2.45, 2.75) is 33.1 Å². The average Bonchev–Trinajstić information content (AvgIpc) is 2.69. The van der Waals surface area contributed by atoms with Gasteiger partial charge in [-0.05, 0) is 48.8 Å². The van der Waals surface area contributed by atoms with Gasteiger partial charge in [0, 0.05) is 11.6 Å². The van der Waals surface area contributed by atoms with Gasteiger partial charge in [0.15, 0.2) is 0 Å². The average molecular weight is 294 g/mol. The Morgan fingerprint density at radius 2 is 2.05 bits per heavy atom. The molecule has 0 aliphatic heterocycles. The summed E-state index contributed by atoms with van der Waals surface area (Å²) >= 11 is 6.12. The van der Waals surface area contributed by atoms with Crippen LogP contribution in [0.3, 0.4) is 0 Å². The zero-order chi connectivity index (χ0) is 14.3. The number of anilines is 1. The van der Waals surface area contributed by atoms with Crippen molar-refractivity contribution in [3.8, 4) is 0 Å². The van der Waals surface area contributed by atoms with Gasteiger partial charge in [0.25, 0.3) is 0 Å². The fourth-order valence-electron chi connectivity index (χ4n) is 3.80. The normalized spacial score (nSPS) is 32.7. The molecule has 0 heterocycles. The van der Waals surface area contributed by atoms with E-state index in [-0.39, 0.29) is 5.82 Å². The summed E-state index contributed by atoms with van der Waals surface area (Å²) in [4.78, 5) is 0. The molecule has 0 aromatic heterocycles. The van der Waals surface area contributed by atoms with Crippen molar-refractivity contribution < 1.29 is 4.39 Å². The monoisotopic (exact) mass is 293 g/mol. The summed E-state index contributed by atoms with van der Waals surface area (Å²) in [6, 6.07) is 4.54. The molecule has 2 aliphatic rings. The number of fused-ring (bicyclic) bond motifs is 1. The number of rotatable bonds is 2. The van der Waals surface area contributed by atoms with E-state index in [4.69, 9.17) is 11.6 Å². The molecule has 0 amide bonds. The van der Waals surface area contributed by atoms with Crippen molar-refractivity contribution in [1.29, 1.82) is 0 Å². The second kappa shape index (κ2) is 5.40. The lowest BCUT2D eigenvalue weighted by atomic mass is 9.73. The molecule has 1 aromatic rings. The number of halogens is 2. The molecule has 1 nitrogen and oxygen atoms in total. The van der Waals surface area contributed by atoms with E-state index in [2.05, 4.69) is 25.2 Å². The molecule has 3 heteroatoms. The maximum atomic E-state index is 13.1. The van der Waals surface area contributed by atoms with E-state index in [0.29, 0.717) is 16.9 Å². The van der Waals surface area contributed by atoms with E-state index >= 15 is 0 Å². The Labute approximate surface area is 125 Å². The molecule has 4 atom stereocenters. The summed E-state index contributed by atoms with van der Waals surface area (Å²) < 4.78 is 13.1. The lowest BCUT2D eigenvalue weighted by Gasteiger charge is -2.34. The first-order chi connectivity index (χ1) is 9.54. The smallest absolute Gasteiger partial charge is 0.124 e. The van der Waals surface area contributed by atoms with Gasteiger partial charge in [0.1, 0.15) is 5.82 Å². The second-order valence-corrected chi connectivity index (χ2v) is 6.83. The number of hydrogen-bond donors (Lipinski definition) is 1. The molecule has 3 rings (SSSR count). The number of nitrogens with one attached hydrogen (secondary N) is 1. The highest BCUT2D eigenvalue weighted by atomic mass is 35.5. The highest BCUT2D eigenvalue weighted by molar-refractivity contribution is 6.33. The molecule has 1 saturated carbocycles. The summed E-state index contributed by atoms with van der Waals surface area (Å²) in [5, 5.41) is 3.90. The van der Waals surface area contributed by atoms with Gasteiger partial charge >= 0.3 is 0 Å². The molecular weight excluding hydrogens is 273 g/mol. The van der Waals surface area contributed by atoms with Gasteiger partial charge < -0.3 is 5.32 Å². The van der Waals surface area contributed by atoms with Crippen LogP contribution >= 0.6 is 11.6 Å². The molecule has 1 fully saturated rings. The first-order valence-electron chi connectivity index (χ1n) is 7.48. The summed E-state index contributed by atoms with van der Waals surface area (Å²) in [5.41, 5.74) is 2.09. The zero-order valence-corrected chi connectivity index (χ0v) is 12.8. The SMILES string of the molecule is CC1C=C(Nc2ccc(F)cc2Cl)[C@@H]2C[C@H](C)CC[C@@H]12. The molecular formula is C17H21ClFN. The largest absolute Gasteiger partial charge is 0.358 e. The minimum atomic E-state index is -0.293. The van der Waals surface area contributed by atoms with Crippen molar-refractivity contribution in [3.05, 3.63) is 40.8 Å². The van der Waals surface area contributed by atoms with Gasteiger partial charge in [0.05, 0.1) is 10.7 Å². The van der Waals surface area contributed by atoms with Gasteiger partial charge in [-0.25, -0.2) is 4.39 Å². The molecule has 108 valence electrons. The van der Waals surface area contributed by atoms with Crippen LogP contribution in [-0.4, -0.2) is 0 Å². The van der Waals surface area contributed by atoms with E-state index in [1.807, 2.05) is 0 Å². The van der Waals surface area contributed by atoms with Crippen molar-refractivity contribution in [2.24, 2.45) is 23.7 Å². The third kappa shape index (κ3) is 2.58. The molecule has 2 aliphatic carbocycles. The van der Waals surface area contributed by atoms with Crippen LogP contribution < -0.4 is 5.32 Å². The summed E-state index contributed by atoms with van der Waals surface area (Å²) in [5.74, 6) is 2.48. The minimum Gasteiger partial charge on any atom is -0.358 e. The van der Waals surface area contributed by atoms with Crippen molar-refractivity contribution >= 4 is 17.3 Å². The third-order valence-electron chi connectivity index (χ3n) is 4.89. The molecule has 0 spiro atoms.